The highest BCUT2D eigenvalue weighted by molar-refractivity contribution is 6.00. The van der Waals surface area contributed by atoms with E-state index in [9.17, 15) is 9.59 Å². The molecule has 0 radical (unpaired) electrons. The lowest BCUT2D eigenvalue weighted by atomic mass is 10.1. The van der Waals surface area contributed by atoms with Crippen LogP contribution in [-0.2, 0) is 6.61 Å². The summed E-state index contributed by atoms with van der Waals surface area (Å²) in [6.45, 7) is 4.07. The molecule has 36 heavy (non-hydrogen) atoms. The summed E-state index contributed by atoms with van der Waals surface area (Å²) in [5.41, 5.74) is 6.24. The van der Waals surface area contributed by atoms with Crippen LogP contribution in [0.15, 0.2) is 60.7 Å². The molecule has 2 N–H and O–H groups in total. The standard InChI is InChI=1S/C27H30N2O7/c1-17(2)36-21-12-11-19(13-22(21)32-3)26(30)28-29-27(31)20-14-23(33-4)25(24(15-20)34-5)35-16-18-9-7-6-8-10-18/h6-15,17H,16H2,1-5H3,(H,28,30)(H,29,31). The van der Waals surface area contributed by atoms with Crippen LogP contribution in [0.1, 0.15) is 40.1 Å². The van der Waals surface area contributed by atoms with Crippen molar-refractivity contribution in [3.63, 3.8) is 0 Å². The number of methoxy groups -OCH3 is 3. The zero-order valence-corrected chi connectivity index (χ0v) is 20.9. The van der Waals surface area contributed by atoms with E-state index < -0.39 is 11.8 Å². The number of ether oxygens (including phenoxy) is 5. The molecule has 190 valence electrons. The van der Waals surface area contributed by atoms with E-state index in [0.29, 0.717) is 35.4 Å². The maximum atomic E-state index is 12.8. The molecule has 0 aliphatic heterocycles. The third kappa shape index (κ3) is 6.59. The number of carbonyl (C=O) groups excluding carboxylic acids is 2. The third-order valence-corrected chi connectivity index (χ3v) is 5.03. The molecule has 2 amide bonds. The fraction of sp³-hybridized carbons (Fsp3) is 0.259. The average Bonchev–Trinajstić information content (AvgIpc) is 2.90. The minimum atomic E-state index is -0.568. The molecule has 0 fully saturated rings. The zero-order valence-electron chi connectivity index (χ0n) is 20.9. The molecule has 9 nitrogen and oxygen atoms in total. The number of carbonyl (C=O) groups is 2. The molecule has 3 aromatic carbocycles. The number of hydrogen-bond acceptors (Lipinski definition) is 7. The second kappa shape index (κ2) is 12.3. The van der Waals surface area contributed by atoms with Crippen molar-refractivity contribution in [2.45, 2.75) is 26.6 Å². The first-order valence-electron chi connectivity index (χ1n) is 11.2. The molecule has 0 aliphatic carbocycles. The van der Waals surface area contributed by atoms with Crippen molar-refractivity contribution >= 4 is 11.8 Å². The van der Waals surface area contributed by atoms with Gasteiger partial charge in [-0.3, -0.25) is 20.4 Å². The highest BCUT2D eigenvalue weighted by atomic mass is 16.5. The number of amides is 2. The molecular weight excluding hydrogens is 464 g/mol. The van der Waals surface area contributed by atoms with Crippen LogP contribution >= 0.6 is 0 Å². The summed E-state index contributed by atoms with van der Waals surface area (Å²) in [5, 5.41) is 0. The Morgan fingerprint density at radius 2 is 1.28 bits per heavy atom. The largest absolute Gasteiger partial charge is 0.493 e. The first-order chi connectivity index (χ1) is 17.4. The topological polar surface area (TPSA) is 104 Å². The van der Waals surface area contributed by atoms with Gasteiger partial charge in [-0.25, -0.2) is 0 Å². The number of hydrogen-bond donors (Lipinski definition) is 2. The maximum absolute atomic E-state index is 12.8. The second-order valence-electron chi connectivity index (χ2n) is 7.92. The molecule has 0 aliphatic rings. The van der Waals surface area contributed by atoms with Gasteiger partial charge in [0.1, 0.15) is 6.61 Å². The highest BCUT2D eigenvalue weighted by Crippen LogP contribution is 2.39. The van der Waals surface area contributed by atoms with E-state index >= 15 is 0 Å². The van der Waals surface area contributed by atoms with Crippen LogP contribution in [0.5, 0.6) is 28.7 Å². The minimum Gasteiger partial charge on any atom is -0.493 e. The number of benzene rings is 3. The first-order valence-corrected chi connectivity index (χ1v) is 11.2. The smallest absolute Gasteiger partial charge is 0.269 e. The lowest BCUT2D eigenvalue weighted by Crippen LogP contribution is -2.41. The lowest BCUT2D eigenvalue weighted by molar-refractivity contribution is 0.0846. The van der Waals surface area contributed by atoms with Crippen molar-refractivity contribution < 1.29 is 33.3 Å². The van der Waals surface area contributed by atoms with Gasteiger partial charge in [0, 0.05) is 11.1 Å². The van der Waals surface area contributed by atoms with Gasteiger partial charge in [0.05, 0.1) is 27.4 Å². The molecular formula is C27H30N2O7. The van der Waals surface area contributed by atoms with Crippen molar-refractivity contribution in [2.24, 2.45) is 0 Å². The fourth-order valence-electron chi connectivity index (χ4n) is 3.30. The Labute approximate surface area is 210 Å². The van der Waals surface area contributed by atoms with Crippen LogP contribution in [-0.4, -0.2) is 39.2 Å². The quantitative estimate of drug-likeness (QED) is 0.408. The van der Waals surface area contributed by atoms with Crippen LogP contribution in [0.25, 0.3) is 0 Å². The normalized spacial score (nSPS) is 10.4. The predicted octanol–water partition coefficient (Wildman–Crippen LogP) is 4.15. The molecule has 0 bridgehead atoms. The van der Waals surface area contributed by atoms with E-state index in [1.165, 1.54) is 39.5 Å². The van der Waals surface area contributed by atoms with Gasteiger partial charge in [0.2, 0.25) is 5.75 Å². The SMILES string of the molecule is COc1cc(C(=O)NNC(=O)c2cc(OC)c(OCc3ccccc3)c(OC)c2)ccc1OC(C)C. The molecule has 0 spiro atoms. The summed E-state index contributed by atoms with van der Waals surface area (Å²) < 4.78 is 27.7. The second-order valence-corrected chi connectivity index (χ2v) is 7.92. The number of hydrazine groups is 1. The van der Waals surface area contributed by atoms with Gasteiger partial charge in [0.15, 0.2) is 23.0 Å². The van der Waals surface area contributed by atoms with Crippen molar-refractivity contribution in [3.05, 3.63) is 77.4 Å². The summed E-state index contributed by atoms with van der Waals surface area (Å²) in [7, 11) is 4.42. The Balaban J connectivity index is 1.71. The van der Waals surface area contributed by atoms with Crippen LogP contribution < -0.4 is 34.5 Å². The molecule has 0 saturated heterocycles. The summed E-state index contributed by atoms with van der Waals surface area (Å²) in [5.74, 6) is 0.811. The summed E-state index contributed by atoms with van der Waals surface area (Å²) in [4.78, 5) is 25.4. The van der Waals surface area contributed by atoms with Crippen molar-refractivity contribution in [3.8, 4) is 28.7 Å². The van der Waals surface area contributed by atoms with Gasteiger partial charge >= 0.3 is 0 Å². The minimum absolute atomic E-state index is 0.0537. The van der Waals surface area contributed by atoms with Gasteiger partial charge in [-0.2, -0.15) is 0 Å². The van der Waals surface area contributed by atoms with Crippen LogP contribution in [0, 0.1) is 0 Å². The maximum Gasteiger partial charge on any atom is 0.269 e. The Hall–Kier alpha value is -4.40. The average molecular weight is 495 g/mol. The predicted molar refractivity (Wildman–Crippen MR) is 134 cm³/mol. The Morgan fingerprint density at radius 1 is 0.722 bits per heavy atom. The summed E-state index contributed by atoms with van der Waals surface area (Å²) in [6, 6.07) is 17.4. The van der Waals surface area contributed by atoms with Gasteiger partial charge in [0.25, 0.3) is 11.8 Å². The van der Waals surface area contributed by atoms with Crippen LogP contribution in [0.3, 0.4) is 0 Å². The molecule has 0 saturated carbocycles. The molecule has 3 rings (SSSR count). The zero-order chi connectivity index (χ0) is 26.1. The summed E-state index contributed by atoms with van der Waals surface area (Å²) >= 11 is 0. The van der Waals surface area contributed by atoms with Gasteiger partial charge < -0.3 is 23.7 Å². The monoisotopic (exact) mass is 494 g/mol. The molecule has 9 heteroatoms. The van der Waals surface area contributed by atoms with E-state index in [1.54, 1.807) is 12.1 Å². The number of nitrogens with one attached hydrogen (secondary N) is 2. The highest BCUT2D eigenvalue weighted by Gasteiger charge is 2.19. The molecule has 0 heterocycles. The van der Waals surface area contributed by atoms with Crippen molar-refractivity contribution in [1.29, 1.82) is 0 Å². The van der Waals surface area contributed by atoms with E-state index in [0.717, 1.165) is 5.56 Å². The van der Waals surface area contributed by atoms with E-state index in [-0.39, 0.29) is 17.2 Å². The Bertz CT molecular complexity index is 1170. The summed E-state index contributed by atoms with van der Waals surface area (Å²) in [6.07, 6.45) is -0.0537. The lowest BCUT2D eigenvalue weighted by Gasteiger charge is -2.16. The number of rotatable bonds is 10. The van der Waals surface area contributed by atoms with Crippen LogP contribution in [0.2, 0.25) is 0 Å². The van der Waals surface area contributed by atoms with E-state index in [1.807, 2.05) is 44.2 Å². The van der Waals surface area contributed by atoms with Crippen molar-refractivity contribution in [1.82, 2.24) is 10.9 Å². The van der Waals surface area contributed by atoms with Crippen LogP contribution in [0.4, 0.5) is 0 Å². The Morgan fingerprint density at radius 3 is 1.83 bits per heavy atom. The van der Waals surface area contributed by atoms with Crippen molar-refractivity contribution in [2.75, 3.05) is 21.3 Å². The molecule has 0 unspecified atom stereocenters. The first kappa shape index (κ1) is 26.2. The van der Waals surface area contributed by atoms with E-state index in [2.05, 4.69) is 10.9 Å². The third-order valence-electron chi connectivity index (χ3n) is 5.03. The molecule has 3 aromatic rings. The molecule has 0 atom stereocenters. The molecule has 0 aromatic heterocycles. The van der Waals surface area contributed by atoms with E-state index in [4.69, 9.17) is 23.7 Å². The van der Waals surface area contributed by atoms with Gasteiger partial charge in [-0.05, 0) is 49.7 Å². The van der Waals surface area contributed by atoms with Gasteiger partial charge in [-0.15, -0.1) is 0 Å². The Kier molecular flexibility index (Phi) is 8.99. The fourth-order valence-corrected chi connectivity index (χ4v) is 3.30. The van der Waals surface area contributed by atoms with Gasteiger partial charge in [-0.1, -0.05) is 30.3 Å².